The fraction of sp³-hybridized carbons (Fsp3) is 0.250. The second-order valence-electron chi connectivity index (χ2n) is 7.82. The number of phenols is 1. The highest BCUT2D eigenvalue weighted by atomic mass is 32.2. The molecule has 2 aliphatic rings. The van der Waals surface area contributed by atoms with Gasteiger partial charge in [-0.3, -0.25) is 9.69 Å². The third kappa shape index (κ3) is 3.88. The van der Waals surface area contributed by atoms with E-state index in [0.717, 1.165) is 32.4 Å². The lowest BCUT2D eigenvalue weighted by atomic mass is 9.99. The van der Waals surface area contributed by atoms with Crippen molar-refractivity contribution in [1.29, 1.82) is 0 Å². The summed E-state index contributed by atoms with van der Waals surface area (Å²) in [6, 6.07) is 11.8. The Balaban J connectivity index is 1.77. The van der Waals surface area contributed by atoms with E-state index in [2.05, 4.69) is 23.6 Å². The van der Waals surface area contributed by atoms with Crippen molar-refractivity contribution in [2.75, 3.05) is 18.5 Å². The highest BCUT2D eigenvalue weighted by Gasteiger charge is 2.38. The van der Waals surface area contributed by atoms with E-state index in [1.54, 1.807) is 28.8 Å². The number of carbonyl (C=O) groups excluding carboxylic acids is 1. The molecule has 0 radical (unpaired) electrons. The smallest absolute Gasteiger partial charge is 0.269 e. The van der Waals surface area contributed by atoms with E-state index in [1.807, 2.05) is 46.0 Å². The molecular formula is C24H25N3O2S2. The van der Waals surface area contributed by atoms with Crippen LogP contribution in [0.2, 0.25) is 0 Å². The van der Waals surface area contributed by atoms with Gasteiger partial charge in [0.15, 0.2) is 5.17 Å². The van der Waals surface area contributed by atoms with Gasteiger partial charge in [0, 0.05) is 18.5 Å². The number of phenolic OH excluding ortho intramolecular Hbond substituents is 1. The number of fused-ring (bicyclic) bond motifs is 1. The number of anilines is 1. The molecule has 0 saturated carbocycles. The van der Waals surface area contributed by atoms with Gasteiger partial charge in [0.1, 0.15) is 10.7 Å². The van der Waals surface area contributed by atoms with Gasteiger partial charge in [-0.2, -0.15) is 0 Å². The number of para-hydroxylation sites is 1. The van der Waals surface area contributed by atoms with Crippen LogP contribution in [0.25, 0.3) is 0 Å². The van der Waals surface area contributed by atoms with Crippen molar-refractivity contribution in [2.24, 2.45) is 4.99 Å². The summed E-state index contributed by atoms with van der Waals surface area (Å²) in [7, 11) is 1.99. The lowest BCUT2D eigenvalue weighted by Crippen LogP contribution is -2.29. The van der Waals surface area contributed by atoms with Crippen molar-refractivity contribution in [2.45, 2.75) is 31.6 Å². The van der Waals surface area contributed by atoms with Gasteiger partial charge in [-0.25, -0.2) is 4.99 Å². The SMILES string of the molecule is C=CCN1C(=O)/C(=C2/Sc3ccccc3N2C)S/C1=N\c1cc(C(C)C)c(O)cc1C. The van der Waals surface area contributed by atoms with Crippen LogP contribution < -0.4 is 4.90 Å². The number of aryl methyl sites for hydroxylation is 1. The third-order valence-electron chi connectivity index (χ3n) is 5.29. The Morgan fingerprint density at radius 3 is 2.65 bits per heavy atom. The summed E-state index contributed by atoms with van der Waals surface area (Å²) in [4.78, 5) is 23.7. The largest absolute Gasteiger partial charge is 0.508 e. The first-order valence-electron chi connectivity index (χ1n) is 10.1. The van der Waals surface area contributed by atoms with Crippen LogP contribution in [0.4, 0.5) is 11.4 Å². The molecule has 0 spiro atoms. The van der Waals surface area contributed by atoms with Crippen molar-refractivity contribution in [3.05, 3.63) is 70.1 Å². The molecule has 2 heterocycles. The molecule has 0 atom stereocenters. The molecule has 0 aromatic heterocycles. The molecule has 4 rings (SSSR count). The predicted molar refractivity (Wildman–Crippen MR) is 131 cm³/mol. The number of aromatic hydroxyl groups is 1. The first-order valence-corrected chi connectivity index (χ1v) is 11.7. The van der Waals surface area contributed by atoms with Crippen molar-refractivity contribution in [1.82, 2.24) is 4.90 Å². The Morgan fingerprint density at radius 1 is 1.23 bits per heavy atom. The van der Waals surface area contributed by atoms with Gasteiger partial charge in [-0.15, -0.1) is 6.58 Å². The Kier molecular flexibility index (Phi) is 5.90. The third-order valence-corrected chi connectivity index (χ3v) is 7.72. The minimum Gasteiger partial charge on any atom is -0.508 e. The summed E-state index contributed by atoms with van der Waals surface area (Å²) >= 11 is 3.00. The highest BCUT2D eigenvalue weighted by Crippen LogP contribution is 2.50. The second kappa shape index (κ2) is 8.48. The van der Waals surface area contributed by atoms with E-state index < -0.39 is 0 Å². The Bertz CT molecular complexity index is 1140. The summed E-state index contributed by atoms with van der Waals surface area (Å²) in [6.45, 7) is 10.2. The van der Waals surface area contributed by atoms with Gasteiger partial charge in [-0.05, 0) is 60.0 Å². The summed E-state index contributed by atoms with van der Waals surface area (Å²) < 4.78 is 0. The number of amidine groups is 1. The molecule has 0 aliphatic carbocycles. The van der Waals surface area contributed by atoms with Crippen LogP contribution in [0.15, 0.2) is 68.9 Å². The van der Waals surface area contributed by atoms with Crippen molar-refractivity contribution < 1.29 is 9.90 Å². The molecule has 1 fully saturated rings. The van der Waals surface area contributed by atoms with Gasteiger partial charge in [0.25, 0.3) is 5.91 Å². The maximum absolute atomic E-state index is 13.3. The molecule has 7 heteroatoms. The van der Waals surface area contributed by atoms with Gasteiger partial charge in [0.05, 0.1) is 16.4 Å². The van der Waals surface area contributed by atoms with Crippen molar-refractivity contribution in [3.63, 3.8) is 0 Å². The van der Waals surface area contributed by atoms with Crippen LogP contribution in [0.1, 0.15) is 30.9 Å². The second-order valence-corrected chi connectivity index (χ2v) is 9.82. The fourth-order valence-corrected chi connectivity index (χ4v) is 5.94. The zero-order valence-electron chi connectivity index (χ0n) is 18.0. The molecule has 31 heavy (non-hydrogen) atoms. The minimum atomic E-state index is -0.0636. The molecule has 0 unspecified atom stereocenters. The number of hydrogen-bond donors (Lipinski definition) is 1. The van der Waals surface area contributed by atoms with Gasteiger partial charge < -0.3 is 10.0 Å². The molecule has 1 N–H and O–H groups in total. The van der Waals surface area contributed by atoms with E-state index in [0.29, 0.717) is 16.6 Å². The maximum atomic E-state index is 13.3. The molecule has 1 saturated heterocycles. The molecule has 2 aromatic carbocycles. The molecule has 160 valence electrons. The van der Waals surface area contributed by atoms with Crippen LogP contribution in [0.3, 0.4) is 0 Å². The number of amides is 1. The summed E-state index contributed by atoms with van der Waals surface area (Å²) in [6.07, 6.45) is 1.71. The van der Waals surface area contributed by atoms with Crippen LogP contribution in [-0.4, -0.2) is 34.7 Å². The molecule has 2 aliphatic heterocycles. The van der Waals surface area contributed by atoms with E-state index in [9.17, 15) is 9.90 Å². The normalized spacial score (nSPS) is 19.6. The van der Waals surface area contributed by atoms with Crippen LogP contribution in [0.5, 0.6) is 5.75 Å². The summed E-state index contributed by atoms with van der Waals surface area (Å²) in [5.74, 6) is 0.381. The highest BCUT2D eigenvalue weighted by molar-refractivity contribution is 8.19. The van der Waals surface area contributed by atoms with E-state index in [4.69, 9.17) is 4.99 Å². The van der Waals surface area contributed by atoms with Crippen molar-refractivity contribution in [3.8, 4) is 5.75 Å². The first-order chi connectivity index (χ1) is 14.8. The van der Waals surface area contributed by atoms with Gasteiger partial charge in [0.2, 0.25) is 0 Å². The molecule has 1 amide bonds. The lowest BCUT2D eigenvalue weighted by molar-refractivity contribution is -0.121. The van der Waals surface area contributed by atoms with Gasteiger partial charge in [-0.1, -0.05) is 43.8 Å². The lowest BCUT2D eigenvalue weighted by Gasteiger charge is -2.15. The fourth-order valence-electron chi connectivity index (χ4n) is 3.59. The first kappa shape index (κ1) is 21.6. The maximum Gasteiger partial charge on any atom is 0.269 e. The number of benzene rings is 2. The predicted octanol–water partition coefficient (Wildman–Crippen LogP) is 5.98. The zero-order valence-corrected chi connectivity index (χ0v) is 19.7. The minimum absolute atomic E-state index is 0.0636. The quantitative estimate of drug-likeness (QED) is 0.457. The standard InChI is InChI=1S/C24H25N3O2S2/c1-6-11-27-22(29)21(23-26(5)18-9-7-8-10-20(18)30-23)31-24(27)25-17-13-16(14(2)3)19(28)12-15(17)4/h6-10,12-14,28H,1,11H2,2-5H3/b23-21-,25-24-. The average molecular weight is 452 g/mol. The van der Waals surface area contributed by atoms with Crippen LogP contribution in [0, 0.1) is 6.92 Å². The number of carbonyl (C=O) groups is 1. The number of aliphatic imine (C=N–C) groups is 1. The van der Waals surface area contributed by atoms with E-state index in [-0.39, 0.29) is 17.6 Å². The van der Waals surface area contributed by atoms with Crippen LogP contribution in [-0.2, 0) is 4.79 Å². The molecule has 5 nitrogen and oxygen atoms in total. The zero-order chi connectivity index (χ0) is 22.3. The topological polar surface area (TPSA) is 56.1 Å². The average Bonchev–Trinajstić information content (AvgIpc) is 3.22. The molecule has 0 bridgehead atoms. The Labute approximate surface area is 191 Å². The number of thioether (sulfide) groups is 2. The Morgan fingerprint density at radius 2 is 1.97 bits per heavy atom. The summed E-state index contributed by atoms with van der Waals surface area (Å²) in [5, 5.41) is 11.8. The van der Waals surface area contributed by atoms with E-state index >= 15 is 0 Å². The number of rotatable bonds is 4. The number of hydrogen-bond acceptors (Lipinski definition) is 6. The van der Waals surface area contributed by atoms with E-state index in [1.165, 1.54) is 11.8 Å². The molecular weight excluding hydrogens is 426 g/mol. The van der Waals surface area contributed by atoms with Crippen LogP contribution >= 0.6 is 23.5 Å². The van der Waals surface area contributed by atoms with Gasteiger partial charge >= 0.3 is 0 Å². The monoisotopic (exact) mass is 451 g/mol. The Hall–Kier alpha value is -2.64. The number of nitrogens with zero attached hydrogens (tertiary/aromatic N) is 3. The summed E-state index contributed by atoms with van der Waals surface area (Å²) in [5.41, 5.74) is 3.56. The molecule has 2 aromatic rings. The van der Waals surface area contributed by atoms with Crippen molar-refractivity contribution >= 4 is 46.0 Å².